The number of aryl methyl sites for hydroxylation is 1. The maximum absolute atomic E-state index is 11.4. The van der Waals surface area contributed by atoms with Gasteiger partial charge in [0.25, 0.3) is 0 Å². The Labute approximate surface area is 162 Å². The second kappa shape index (κ2) is 6.97. The second-order valence-electron chi connectivity index (χ2n) is 6.67. The zero-order valence-electron chi connectivity index (χ0n) is 15.1. The van der Waals surface area contributed by atoms with E-state index in [1.165, 1.54) is 6.92 Å². The minimum atomic E-state index is -0.0277. The molecule has 0 aliphatic carbocycles. The average molecular weight is 376 g/mol. The third-order valence-corrected chi connectivity index (χ3v) is 4.69. The summed E-state index contributed by atoms with van der Waals surface area (Å²) in [6.07, 6.45) is 6.58. The zero-order chi connectivity index (χ0) is 19.0. The number of Topliss-reactive ketones (excluding diaryl/α,β-unsaturated/α-hetero) is 1. The van der Waals surface area contributed by atoms with Gasteiger partial charge in [-0.3, -0.25) is 9.78 Å². The molecule has 0 saturated carbocycles. The Morgan fingerprint density at radius 1 is 1.11 bits per heavy atom. The lowest BCUT2D eigenvalue weighted by atomic mass is 10.0. The van der Waals surface area contributed by atoms with Crippen molar-refractivity contribution in [1.29, 1.82) is 0 Å². The van der Waals surface area contributed by atoms with Gasteiger partial charge in [-0.1, -0.05) is 29.8 Å². The van der Waals surface area contributed by atoms with Crippen molar-refractivity contribution in [3.05, 3.63) is 88.6 Å². The highest BCUT2D eigenvalue weighted by Crippen LogP contribution is 2.28. The molecule has 4 aromatic rings. The fraction of sp³-hybridized carbons (Fsp3) is 0.136. The maximum atomic E-state index is 11.4. The van der Waals surface area contributed by atoms with Crippen LogP contribution in [0.5, 0.6) is 0 Å². The first-order valence-corrected chi connectivity index (χ1v) is 9.07. The fourth-order valence-electron chi connectivity index (χ4n) is 3.22. The van der Waals surface area contributed by atoms with Gasteiger partial charge in [0, 0.05) is 42.5 Å². The molecule has 3 aromatic heterocycles. The zero-order valence-corrected chi connectivity index (χ0v) is 15.9. The van der Waals surface area contributed by atoms with Gasteiger partial charge in [0.15, 0.2) is 5.78 Å². The summed E-state index contributed by atoms with van der Waals surface area (Å²) >= 11 is 6.20. The summed E-state index contributed by atoms with van der Waals surface area (Å²) in [4.78, 5) is 20.3. The molecule has 0 saturated heterocycles. The first-order chi connectivity index (χ1) is 13.0. The predicted molar refractivity (Wildman–Crippen MR) is 107 cm³/mol. The smallest absolute Gasteiger partial charge is 0.178 e. The van der Waals surface area contributed by atoms with E-state index < -0.39 is 0 Å². The van der Waals surface area contributed by atoms with Crippen LogP contribution in [0.2, 0.25) is 5.02 Å². The molecule has 4 rings (SSSR count). The minimum Gasteiger partial charge on any atom is -0.306 e. The third kappa shape index (κ3) is 3.62. The highest BCUT2D eigenvalue weighted by Gasteiger charge is 2.11. The van der Waals surface area contributed by atoms with Crippen LogP contribution >= 0.6 is 11.6 Å². The number of pyridine rings is 2. The normalized spacial score (nSPS) is 11.1. The number of benzene rings is 1. The van der Waals surface area contributed by atoms with E-state index in [4.69, 9.17) is 11.6 Å². The van der Waals surface area contributed by atoms with Gasteiger partial charge in [-0.05, 0) is 47.9 Å². The van der Waals surface area contributed by atoms with Crippen molar-refractivity contribution in [2.24, 2.45) is 0 Å². The summed E-state index contributed by atoms with van der Waals surface area (Å²) in [7, 11) is 0. The largest absolute Gasteiger partial charge is 0.306 e. The number of carbonyl (C=O) groups excluding carboxylic acids is 1. The van der Waals surface area contributed by atoms with Gasteiger partial charge in [0.2, 0.25) is 0 Å². The molecule has 0 radical (unpaired) electrons. The van der Waals surface area contributed by atoms with Crippen molar-refractivity contribution in [3.63, 3.8) is 0 Å². The van der Waals surface area contributed by atoms with Gasteiger partial charge in [-0.25, -0.2) is 4.98 Å². The summed E-state index contributed by atoms with van der Waals surface area (Å²) in [5.41, 5.74) is 6.60. The standard InChI is InChI=1S/C22H18ClN3O/c1-14-12-26-13-17(8-16-6-7-21(15(2)27)24-11-16)9-20(22(26)25-14)18-4-3-5-19(23)10-18/h3-7,9-13H,8H2,1-2H3. The molecule has 3 heterocycles. The van der Waals surface area contributed by atoms with Crippen LogP contribution in [-0.4, -0.2) is 20.2 Å². The number of hydrogen-bond acceptors (Lipinski definition) is 3. The van der Waals surface area contributed by atoms with Gasteiger partial charge < -0.3 is 4.40 Å². The van der Waals surface area contributed by atoms with Gasteiger partial charge >= 0.3 is 0 Å². The van der Waals surface area contributed by atoms with Crippen LogP contribution in [0.15, 0.2) is 61.1 Å². The Balaban J connectivity index is 1.78. The lowest BCUT2D eigenvalue weighted by Crippen LogP contribution is -1.99. The molecule has 0 bridgehead atoms. The van der Waals surface area contributed by atoms with Crippen LogP contribution in [0.25, 0.3) is 16.8 Å². The van der Waals surface area contributed by atoms with Gasteiger partial charge in [0.1, 0.15) is 11.3 Å². The summed E-state index contributed by atoms with van der Waals surface area (Å²) < 4.78 is 2.05. The fourth-order valence-corrected chi connectivity index (χ4v) is 3.41. The number of rotatable bonds is 4. The molecule has 0 spiro atoms. The minimum absolute atomic E-state index is 0.0277. The van der Waals surface area contributed by atoms with E-state index in [1.54, 1.807) is 12.3 Å². The van der Waals surface area contributed by atoms with E-state index in [1.807, 2.05) is 43.5 Å². The van der Waals surface area contributed by atoms with Crippen LogP contribution < -0.4 is 0 Å². The number of nitrogens with zero attached hydrogens (tertiary/aromatic N) is 3. The molecule has 0 unspecified atom stereocenters. The highest BCUT2D eigenvalue weighted by atomic mass is 35.5. The third-order valence-electron chi connectivity index (χ3n) is 4.46. The lowest BCUT2D eigenvalue weighted by molar-refractivity contribution is 0.101. The van der Waals surface area contributed by atoms with E-state index in [-0.39, 0.29) is 5.78 Å². The number of halogens is 1. The Bertz CT molecular complexity index is 1150. The van der Waals surface area contributed by atoms with Crippen LogP contribution in [0.3, 0.4) is 0 Å². The predicted octanol–water partition coefficient (Wildman–Crippen LogP) is 5.15. The highest BCUT2D eigenvalue weighted by molar-refractivity contribution is 6.30. The topological polar surface area (TPSA) is 47.3 Å². The molecule has 0 aliphatic rings. The van der Waals surface area contributed by atoms with E-state index in [9.17, 15) is 4.79 Å². The Hall–Kier alpha value is -2.98. The van der Waals surface area contributed by atoms with Gasteiger partial charge in [-0.2, -0.15) is 0 Å². The first-order valence-electron chi connectivity index (χ1n) is 8.69. The van der Waals surface area contributed by atoms with Gasteiger partial charge in [0.05, 0.1) is 5.69 Å². The number of aromatic nitrogens is 3. The monoisotopic (exact) mass is 375 g/mol. The number of carbonyl (C=O) groups is 1. The van der Waals surface area contributed by atoms with Crippen molar-refractivity contribution >= 4 is 23.0 Å². The van der Waals surface area contributed by atoms with Crippen molar-refractivity contribution < 1.29 is 4.79 Å². The van der Waals surface area contributed by atoms with Crippen molar-refractivity contribution in [2.45, 2.75) is 20.3 Å². The SMILES string of the molecule is CC(=O)c1ccc(Cc2cc(-c3cccc(Cl)c3)c3nc(C)cn3c2)cn1. The molecule has 1 aromatic carbocycles. The number of fused-ring (bicyclic) bond motifs is 1. The number of ketones is 1. The van der Waals surface area contributed by atoms with E-state index in [2.05, 4.69) is 26.6 Å². The van der Waals surface area contributed by atoms with E-state index in [0.717, 1.165) is 33.6 Å². The van der Waals surface area contributed by atoms with Crippen LogP contribution in [0.1, 0.15) is 34.2 Å². The lowest BCUT2D eigenvalue weighted by Gasteiger charge is -2.09. The van der Waals surface area contributed by atoms with Crippen molar-refractivity contribution in [3.8, 4) is 11.1 Å². The molecular weight excluding hydrogens is 358 g/mol. The molecule has 4 nitrogen and oxygen atoms in total. The average Bonchev–Trinajstić information content (AvgIpc) is 3.01. The molecule has 5 heteroatoms. The molecule has 0 atom stereocenters. The Morgan fingerprint density at radius 2 is 1.96 bits per heavy atom. The molecule has 0 amide bonds. The van der Waals surface area contributed by atoms with Gasteiger partial charge in [-0.15, -0.1) is 0 Å². The van der Waals surface area contributed by atoms with Crippen LogP contribution in [-0.2, 0) is 6.42 Å². The maximum Gasteiger partial charge on any atom is 0.178 e. The van der Waals surface area contributed by atoms with E-state index in [0.29, 0.717) is 17.1 Å². The molecule has 0 N–H and O–H groups in total. The molecule has 0 aliphatic heterocycles. The Morgan fingerprint density at radius 3 is 2.67 bits per heavy atom. The van der Waals surface area contributed by atoms with Crippen LogP contribution in [0, 0.1) is 6.92 Å². The first kappa shape index (κ1) is 17.4. The Kier molecular flexibility index (Phi) is 4.50. The molecular formula is C22H18ClN3O. The second-order valence-corrected chi connectivity index (χ2v) is 7.11. The summed E-state index contributed by atoms with van der Waals surface area (Å²) in [6, 6.07) is 13.7. The number of imidazole rings is 1. The summed E-state index contributed by atoms with van der Waals surface area (Å²) in [5.74, 6) is -0.0277. The van der Waals surface area contributed by atoms with E-state index >= 15 is 0 Å². The molecule has 0 fully saturated rings. The van der Waals surface area contributed by atoms with Crippen LogP contribution in [0.4, 0.5) is 0 Å². The molecule has 134 valence electrons. The van der Waals surface area contributed by atoms with Crippen molar-refractivity contribution in [1.82, 2.24) is 14.4 Å². The summed E-state index contributed by atoms with van der Waals surface area (Å²) in [5, 5.41) is 0.698. The summed E-state index contributed by atoms with van der Waals surface area (Å²) in [6.45, 7) is 3.51. The quantitative estimate of drug-likeness (QED) is 0.463. The molecule has 27 heavy (non-hydrogen) atoms. The van der Waals surface area contributed by atoms with Crippen molar-refractivity contribution in [2.75, 3.05) is 0 Å². The number of hydrogen-bond donors (Lipinski definition) is 0.